The van der Waals surface area contributed by atoms with Crippen LogP contribution in [0.5, 0.6) is 5.75 Å². The molecule has 1 aliphatic heterocycles. The van der Waals surface area contributed by atoms with Crippen molar-refractivity contribution in [2.75, 3.05) is 60.0 Å². The molecule has 7 heteroatoms. The van der Waals surface area contributed by atoms with Crippen molar-refractivity contribution >= 4 is 16.8 Å². The average molecular weight is 429 g/mol. The summed E-state index contributed by atoms with van der Waals surface area (Å²) in [6.07, 6.45) is 0. The van der Waals surface area contributed by atoms with Gasteiger partial charge in [-0.15, -0.1) is 0 Å². The summed E-state index contributed by atoms with van der Waals surface area (Å²) < 4.78 is 7.60. The molecule has 3 rings (SSSR count). The highest BCUT2D eigenvalue weighted by atomic mass is 16.5. The fourth-order valence-electron chi connectivity index (χ4n) is 4.08. The second-order valence-corrected chi connectivity index (χ2v) is 8.83. The predicted molar refractivity (Wildman–Crippen MR) is 125 cm³/mol. The van der Waals surface area contributed by atoms with Crippen LogP contribution in [0.1, 0.15) is 32.3 Å². The van der Waals surface area contributed by atoms with E-state index in [-0.39, 0.29) is 24.0 Å². The van der Waals surface area contributed by atoms with Gasteiger partial charge < -0.3 is 19.1 Å². The summed E-state index contributed by atoms with van der Waals surface area (Å²) >= 11 is 0. The van der Waals surface area contributed by atoms with E-state index in [9.17, 15) is 9.59 Å². The maximum absolute atomic E-state index is 12.6. The lowest BCUT2D eigenvalue weighted by molar-refractivity contribution is -0.135. The second-order valence-electron chi connectivity index (χ2n) is 8.83. The van der Waals surface area contributed by atoms with Crippen LogP contribution in [0.15, 0.2) is 29.1 Å². The second kappa shape index (κ2) is 10.3. The molecule has 1 aliphatic rings. The van der Waals surface area contributed by atoms with Crippen molar-refractivity contribution in [3.8, 4) is 5.75 Å². The normalized spacial score (nSPS) is 15.3. The minimum Gasteiger partial charge on any atom is -0.484 e. The van der Waals surface area contributed by atoms with Crippen LogP contribution in [0, 0.1) is 0 Å². The number of fused-ring (bicyclic) bond motifs is 1. The molecule has 0 atom stereocenters. The third-order valence-electron chi connectivity index (χ3n) is 6.00. The Kier molecular flexibility index (Phi) is 7.73. The molecule has 0 unspecified atom stereocenters. The molecule has 170 valence electrons. The number of pyridine rings is 1. The third-order valence-corrected chi connectivity index (χ3v) is 6.00. The molecule has 1 fully saturated rings. The number of likely N-dealkylation sites (N-methyl/N-ethyl adjacent to an activating group) is 1. The molecule has 0 bridgehead atoms. The van der Waals surface area contributed by atoms with E-state index in [4.69, 9.17) is 4.74 Å². The van der Waals surface area contributed by atoms with Crippen molar-refractivity contribution in [1.82, 2.24) is 19.3 Å². The fourth-order valence-corrected chi connectivity index (χ4v) is 4.08. The van der Waals surface area contributed by atoms with Gasteiger partial charge >= 0.3 is 0 Å². The lowest BCUT2D eigenvalue weighted by Gasteiger charge is -2.35. The zero-order valence-corrected chi connectivity index (χ0v) is 19.6. The van der Waals surface area contributed by atoms with Crippen LogP contribution in [0.3, 0.4) is 0 Å². The number of ether oxygens (including phenoxy) is 1. The van der Waals surface area contributed by atoms with E-state index < -0.39 is 0 Å². The Morgan fingerprint density at radius 1 is 1.13 bits per heavy atom. The number of nitrogens with zero attached hydrogens (tertiary/aromatic N) is 4. The topological polar surface area (TPSA) is 58.0 Å². The largest absolute Gasteiger partial charge is 0.484 e. The first kappa shape index (κ1) is 23.3. The summed E-state index contributed by atoms with van der Waals surface area (Å²) in [5.74, 6) is 0.885. The van der Waals surface area contributed by atoms with Crippen LogP contribution in [0.25, 0.3) is 10.9 Å². The summed E-state index contributed by atoms with van der Waals surface area (Å²) in [5.41, 5.74) is 1.90. The molecule has 7 nitrogen and oxygen atoms in total. The molecule has 1 amide bonds. The molecule has 0 aliphatic carbocycles. The van der Waals surface area contributed by atoms with Crippen LogP contribution in [-0.2, 0) is 11.3 Å². The van der Waals surface area contributed by atoms with Crippen LogP contribution in [0.2, 0.25) is 0 Å². The van der Waals surface area contributed by atoms with Gasteiger partial charge in [0.05, 0.1) is 5.52 Å². The van der Waals surface area contributed by atoms with E-state index in [1.165, 1.54) is 0 Å². The highest BCUT2D eigenvalue weighted by Gasteiger charge is 2.21. The van der Waals surface area contributed by atoms with Gasteiger partial charge in [0.15, 0.2) is 6.61 Å². The number of benzene rings is 1. The van der Waals surface area contributed by atoms with Crippen LogP contribution in [0.4, 0.5) is 0 Å². The lowest BCUT2D eigenvalue weighted by atomic mass is 9.98. The van der Waals surface area contributed by atoms with Crippen LogP contribution >= 0.6 is 0 Å². The smallest absolute Gasteiger partial charge is 0.260 e. The molecular formula is C24H36N4O3. The van der Waals surface area contributed by atoms with Gasteiger partial charge in [-0.2, -0.15) is 0 Å². The number of carbonyl (C=O) groups excluding carboxylic acids is 1. The van der Waals surface area contributed by atoms with Crippen LogP contribution in [-0.4, -0.2) is 85.1 Å². The summed E-state index contributed by atoms with van der Waals surface area (Å²) in [4.78, 5) is 31.6. The number of amides is 1. The van der Waals surface area contributed by atoms with Crippen molar-refractivity contribution in [3.05, 3.63) is 40.2 Å². The van der Waals surface area contributed by atoms with Gasteiger partial charge in [0, 0.05) is 63.3 Å². The Bertz CT molecular complexity index is 959. The highest BCUT2D eigenvalue weighted by Crippen LogP contribution is 2.27. The van der Waals surface area contributed by atoms with Gasteiger partial charge in [0.25, 0.3) is 11.5 Å². The van der Waals surface area contributed by atoms with Gasteiger partial charge in [-0.05, 0) is 44.6 Å². The van der Waals surface area contributed by atoms with Gasteiger partial charge in [0.2, 0.25) is 0 Å². The average Bonchev–Trinajstić information content (AvgIpc) is 2.75. The molecule has 1 saturated heterocycles. The molecule has 1 aromatic heterocycles. The molecule has 0 N–H and O–H groups in total. The SMILES string of the molecule is CCn1c(=O)cc(C(C)C)c2ccc(OCC(=O)N3CCN(CCN(C)C)CC3)cc21. The molecule has 2 aromatic rings. The van der Waals surface area contributed by atoms with Gasteiger partial charge in [-0.3, -0.25) is 14.5 Å². The predicted octanol–water partition coefficient (Wildman–Crippen LogP) is 2.23. The molecule has 0 radical (unpaired) electrons. The zero-order valence-electron chi connectivity index (χ0n) is 19.6. The summed E-state index contributed by atoms with van der Waals surface area (Å²) in [6, 6.07) is 7.52. The number of hydrogen-bond donors (Lipinski definition) is 0. The molecular weight excluding hydrogens is 392 g/mol. The Labute approximate surface area is 185 Å². The minimum atomic E-state index is -0.000867. The summed E-state index contributed by atoms with van der Waals surface area (Å²) in [5, 5.41) is 1.06. The van der Waals surface area contributed by atoms with Crippen molar-refractivity contribution in [1.29, 1.82) is 0 Å². The van der Waals surface area contributed by atoms with E-state index in [1.54, 1.807) is 10.6 Å². The molecule has 0 saturated carbocycles. The first-order valence-electron chi connectivity index (χ1n) is 11.2. The van der Waals surface area contributed by atoms with E-state index in [1.807, 2.05) is 30.0 Å². The molecule has 2 heterocycles. The van der Waals surface area contributed by atoms with Crippen LogP contribution < -0.4 is 10.3 Å². The quantitative estimate of drug-likeness (QED) is 0.645. The standard InChI is InChI=1S/C24H36N4O3/c1-6-28-22-15-19(7-8-20(22)21(18(2)3)16-23(28)29)31-17-24(30)27-13-11-26(12-14-27)10-9-25(4)5/h7-8,15-16,18H,6,9-14,17H2,1-5H3. The van der Waals surface area contributed by atoms with Gasteiger partial charge in [-0.1, -0.05) is 13.8 Å². The maximum atomic E-state index is 12.6. The minimum absolute atomic E-state index is 0.000867. The maximum Gasteiger partial charge on any atom is 0.260 e. The Hall–Kier alpha value is -2.38. The zero-order chi connectivity index (χ0) is 22.5. The number of carbonyl (C=O) groups is 1. The number of piperazine rings is 1. The van der Waals surface area contributed by atoms with E-state index in [2.05, 4.69) is 37.7 Å². The first-order chi connectivity index (χ1) is 14.8. The number of hydrogen-bond acceptors (Lipinski definition) is 5. The number of aryl methyl sites for hydroxylation is 1. The third kappa shape index (κ3) is 5.66. The van der Waals surface area contributed by atoms with E-state index in [0.29, 0.717) is 12.3 Å². The molecule has 1 aromatic carbocycles. The molecule has 31 heavy (non-hydrogen) atoms. The number of aromatic nitrogens is 1. The monoisotopic (exact) mass is 428 g/mol. The van der Waals surface area contributed by atoms with E-state index in [0.717, 1.165) is 55.7 Å². The van der Waals surface area contributed by atoms with Gasteiger partial charge in [0.1, 0.15) is 5.75 Å². The molecule has 0 spiro atoms. The Morgan fingerprint density at radius 2 is 1.84 bits per heavy atom. The van der Waals surface area contributed by atoms with Gasteiger partial charge in [-0.25, -0.2) is 0 Å². The van der Waals surface area contributed by atoms with Crippen molar-refractivity contribution in [2.45, 2.75) is 33.2 Å². The first-order valence-corrected chi connectivity index (χ1v) is 11.2. The van der Waals surface area contributed by atoms with Crippen molar-refractivity contribution < 1.29 is 9.53 Å². The van der Waals surface area contributed by atoms with Crippen molar-refractivity contribution in [3.63, 3.8) is 0 Å². The van der Waals surface area contributed by atoms with Crippen molar-refractivity contribution in [2.24, 2.45) is 0 Å². The summed E-state index contributed by atoms with van der Waals surface area (Å²) in [6.45, 7) is 12.1. The summed E-state index contributed by atoms with van der Waals surface area (Å²) in [7, 11) is 4.15. The highest BCUT2D eigenvalue weighted by molar-refractivity contribution is 5.84. The number of rotatable bonds is 8. The Morgan fingerprint density at radius 3 is 2.45 bits per heavy atom. The Balaban J connectivity index is 1.65. The van der Waals surface area contributed by atoms with E-state index >= 15 is 0 Å². The fraction of sp³-hybridized carbons (Fsp3) is 0.583. The lowest BCUT2D eigenvalue weighted by Crippen LogP contribution is -2.51.